The molecule has 0 heterocycles. The zero-order chi connectivity index (χ0) is 11.1. The van der Waals surface area contributed by atoms with Gasteiger partial charge in [0.2, 0.25) is 5.91 Å². The maximum atomic E-state index is 11.7. The van der Waals surface area contributed by atoms with Crippen LogP contribution in [0.3, 0.4) is 0 Å². The number of hydrogen-bond acceptors (Lipinski definition) is 3. The molecule has 14 heavy (non-hydrogen) atoms. The van der Waals surface area contributed by atoms with Gasteiger partial charge in [-0.15, -0.1) is 0 Å². The number of carbonyl (C=O) groups excluding carboxylic acids is 1. The molecule has 0 aliphatic rings. The Morgan fingerprint density at radius 1 is 1.57 bits per heavy atom. The molecule has 0 aliphatic heterocycles. The minimum absolute atomic E-state index is 0.0576. The minimum atomic E-state index is -0.450. The molecule has 0 aromatic heterocycles. The second-order valence-electron chi connectivity index (χ2n) is 3.60. The first-order valence-electron chi connectivity index (χ1n) is 4.95. The van der Waals surface area contributed by atoms with Crippen molar-refractivity contribution in [3.8, 4) is 6.07 Å². The zero-order valence-corrected chi connectivity index (χ0v) is 9.16. The average Bonchev–Trinajstić information content (AvgIpc) is 2.17. The molecular weight excluding hydrogens is 178 g/mol. The largest absolute Gasteiger partial charge is 0.341 e. The third-order valence-electron chi connectivity index (χ3n) is 2.19. The third-order valence-corrected chi connectivity index (χ3v) is 2.19. The molecule has 0 saturated carbocycles. The van der Waals surface area contributed by atoms with Gasteiger partial charge in [0.1, 0.15) is 0 Å². The van der Waals surface area contributed by atoms with Crippen molar-refractivity contribution in [1.29, 1.82) is 5.26 Å². The maximum Gasteiger partial charge on any atom is 0.239 e. The number of rotatable bonds is 5. The molecule has 0 unspecified atom stereocenters. The van der Waals surface area contributed by atoms with Crippen LogP contribution in [0.25, 0.3) is 0 Å². The summed E-state index contributed by atoms with van der Waals surface area (Å²) in [5.74, 6) is 0.0800. The van der Waals surface area contributed by atoms with E-state index in [0.717, 1.165) is 0 Å². The van der Waals surface area contributed by atoms with Crippen LogP contribution in [0.2, 0.25) is 0 Å². The predicted octanol–water partition coefficient (Wildman–Crippen LogP) is 0.732. The molecule has 4 heteroatoms. The first-order chi connectivity index (χ1) is 6.54. The molecule has 0 saturated heterocycles. The van der Waals surface area contributed by atoms with Crippen molar-refractivity contribution >= 4 is 5.91 Å². The molecule has 4 nitrogen and oxygen atoms in total. The fourth-order valence-electron chi connectivity index (χ4n) is 1.11. The Balaban J connectivity index is 4.24. The second kappa shape index (κ2) is 6.39. The van der Waals surface area contributed by atoms with Crippen LogP contribution in [-0.2, 0) is 4.79 Å². The van der Waals surface area contributed by atoms with Crippen LogP contribution in [-0.4, -0.2) is 29.9 Å². The standard InChI is InChI=1S/C10H19N3O/c1-4-13(7-5-6-11)10(14)9(12)8(2)3/h8-9H,4-5,7,12H2,1-3H3/t9-/m0/s1. The topological polar surface area (TPSA) is 70.1 Å². The van der Waals surface area contributed by atoms with E-state index in [1.165, 1.54) is 0 Å². The van der Waals surface area contributed by atoms with E-state index in [2.05, 4.69) is 0 Å². The molecule has 2 N–H and O–H groups in total. The number of nitrogens with two attached hydrogens (primary N) is 1. The highest BCUT2D eigenvalue weighted by Crippen LogP contribution is 2.03. The molecule has 0 spiro atoms. The minimum Gasteiger partial charge on any atom is -0.341 e. The summed E-state index contributed by atoms with van der Waals surface area (Å²) in [4.78, 5) is 13.3. The van der Waals surface area contributed by atoms with Gasteiger partial charge in [-0.3, -0.25) is 4.79 Å². The fraction of sp³-hybridized carbons (Fsp3) is 0.800. The van der Waals surface area contributed by atoms with Crippen LogP contribution in [0.15, 0.2) is 0 Å². The quantitative estimate of drug-likeness (QED) is 0.706. The molecule has 0 fully saturated rings. The number of carbonyl (C=O) groups is 1. The van der Waals surface area contributed by atoms with Crippen LogP contribution in [0.4, 0.5) is 0 Å². The molecular formula is C10H19N3O. The Labute approximate surface area is 85.7 Å². The summed E-state index contributed by atoms with van der Waals surface area (Å²) in [6, 6.07) is 1.57. The highest BCUT2D eigenvalue weighted by molar-refractivity contribution is 5.81. The molecule has 0 aromatic carbocycles. The van der Waals surface area contributed by atoms with Crippen LogP contribution >= 0.6 is 0 Å². The van der Waals surface area contributed by atoms with Gasteiger partial charge in [-0.1, -0.05) is 13.8 Å². The molecule has 80 valence electrons. The summed E-state index contributed by atoms with van der Waals surface area (Å²) in [6.07, 6.45) is 0.365. The molecule has 0 radical (unpaired) electrons. The molecule has 1 amide bonds. The molecule has 0 aliphatic carbocycles. The number of amides is 1. The van der Waals surface area contributed by atoms with Crippen molar-refractivity contribution in [3.05, 3.63) is 0 Å². The smallest absolute Gasteiger partial charge is 0.239 e. The molecule has 0 bridgehead atoms. The van der Waals surface area contributed by atoms with Crippen LogP contribution in [0.5, 0.6) is 0 Å². The van der Waals surface area contributed by atoms with Crippen LogP contribution in [0.1, 0.15) is 27.2 Å². The summed E-state index contributed by atoms with van der Waals surface area (Å²) >= 11 is 0. The monoisotopic (exact) mass is 197 g/mol. The predicted molar refractivity (Wildman–Crippen MR) is 55.3 cm³/mol. The van der Waals surface area contributed by atoms with Gasteiger partial charge >= 0.3 is 0 Å². The van der Waals surface area contributed by atoms with Gasteiger partial charge < -0.3 is 10.6 Å². The summed E-state index contributed by atoms with van der Waals surface area (Å²) in [7, 11) is 0. The lowest BCUT2D eigenvalue weighted by Gasteiger charge is -2.25. The normalized spacial score (nSPS) is 12.3. The number of likely N-dealkylation sites (N-methyl/N-ethyl adjacent to an activating group) is 1. The van der Waals surface area contributed by atoms with Gasteiger partial charge in [0.15, 0.2) is 0 Å². The van der Waals surface area contributed by atoms with Crippen LogP contribution in [0, 0.1) is 17.2 Å². The van der Waals surface area contributed by atoms with Gasteiger partial charge in [-0.2, -0.15) is 5.26 Å². The fourth-order valence-corrected chi connectivity index (χ4v) is 1.11. The van der Waals surface area contributed by atoms with E-state index in [1.807, 2.05) is 26.8 Å². The Hall–Kier alpha value is -1.08. The van der Waals surface area contributed by atoms with Gasteiger partial charge in [-0.25, -0.2) is 0 Å². The van der Waals surface area contributed by atoms with E-state index in [1.54, 1.807) is 4.90 Å². The summed E-state index contributed by atoms with van der Waals surface area (Å²) in [5, 5.41) is 8.42. The lowest BCUT2D eigenvalue weighted by atomic mass is 10.0. The van der Waals surface area contributed by atoms with Crippen molar-refractivity contribution in [3.63, 3.8) is 0 Å². The van der Waals surface area contributed by atoms with Crippen LogP contribution < -0.4 is 5.73 Å². The summed E-state index contributed by atoms with van der Waals surface area (Å²) < 4.78 is 0. The van der Waals surface area contributed by atoms with Gasteiger partial charge in [-0.05, 0) is 12.8 Å². The van der Waals surface area contributed by atoms with E-state index in [4.69, 9.17) is 11.0 Å². The van der Waals surface area contributed by atoms with E-state index in [9.17, 15) is 4.79 Å². The number of hydrogen-bond donors (Lipinski definition) is 1. The average molecular weight is 197 g/mol. The number of nitrogens with zero attached hydrogens (tertiary/aromatic N) is 2. The first kappa shape index (κ1) is 12.9. The van der Waals surface area contributed by atoms with Crippen molar-refractivity contribution < 1.29 is 4.79 Å². The highest BCUT2D eigenvalue weighted by Gasteiger charge is 2.21. The lowest BCUT2D eigenvalue weighted by Crippen LogP contribution is -2.46. The number of nitriles is 1. The third kappa shape index (κ3) is 3.75. The van der Waals surface area contributed by atoms with Gasteiger partial charge in [0.05, 0.1) is 18.5 Å². The van der Waals surface area contributed by atoms with Gasteiger partial charge in [0.25, 0.3) is 0 Å². The second-order valence-corrected chi connectivity index (χ2v) is 3.60. The first-order valence-corrected chi connectivity index (χ1v) is 4.95. The Morgan fingerprint density at radius 2 is 2.14 bits per heavy atom. The Bertz CT molecular complexity index is 220. The SMILES string of the molecule is CCN(CCC#N)C(=O)[C@@H](N)C(C)C. The zero-order valence-electron chi connectivity index (χ0n) is 9.16. The Kier molecular flexibility index (Phi) is 5.89. The highest BCUT2D eigenvalue weighted by atomic mass is 16.2. The van der Waals surface area contributed by atoms with Gasteiger partial charge in [0, 0.05) is 13.1 Å². The van der Waals surface area contributed by atoms with E-state index < -0.39 is 6.04 Å². The van der Waals surface area contributed by atoms with E-state index in [0.29, 0.717) is 19.5 Å². The Morgan fingerprint density at radius 3 is 2.50 bits per heavy atom. The summed E-state index contributed by atoms with van der Waals surface area (Å²) in [5.41, 5.74) is 5.73. The molecule has 1 atom stereocenters. The van der Waals surface area contributed by atoms with Crippen molar-refractivity contribution in [2.45, 2.75) is 33.2 Å². The van der Waals surface area contributed by atoms with Crippen molar-refractivity contribution in [2.24, 2.45) is 11.7 Å². The molecule has 0 rings (SSSR count). The summed E-state index contributed by atoms with van der Waals surface area (Å²) in [6.45, 7) is 6.82. The molecule has 0 aromatic rings. The lowest BCUT2D eigenvalue weighted by molar-refractivity contribution is -0.133. The van der Waals surface area contributed by atoms with Crippen molar-refractivity contribution in [2.75, 3.05) is 13.1 Å². The van der Waals surface area contributed by atoms with Crippen molar-refractivity contribution in [1.82, 2.24) is 4.90 Å². The van der Waals surface area contributed by atoms with E-state index in [-0.39, 0.29) is 11.8 Å². The maximum absolute atomic E-state index is 11.7. The van der Waals surface area contributed by atoms with E-state index >= 15 is 0 Å².